The van der Waals surface area contributed by atoms with E-state index in [9.17, 15) is 0 Å². The van der Waals surface area contributed by atoms with E-state index >= 15 is 0 Å². The van der Waals surface area contributed by atoms with Crippen LogP contribution in [0.5, 0.6) is 0 Å². The predicted molar refractivity (Wildman–Crippen MR) is 101 cm³/mol. The molecule has 128 valence electrons. The second kappa shape index (κ2) is 8.29. The summed E-state index contributed by atoms with van der Waals surface area (Å²) < 4.78 is 0. The molecular weight excluding hydrogens is 294 g/mol. The van der Waals surface area contributed by atoms with E-state index < -0.39 is 0 Å². The standard InChI is InChI=1S/C21H29N3/c1-3-16(2)18-8-11-20(13-18)23-14-17-6-9-19(10-7-17)24-21-5-4-12-22-15-21/h4-7,9-10,12,15-16,18,20,23-24H,3,8,11,13-14H2,1-2H3. The number of benzene rings is 1. The van der Waals surface area contributed by atoms with E-state index in [-0.39, 0.29) is 0 Å². The molecule has 0 radical (unpaired) electrons. The lowest BCUT2D eigenvalue weighted by atomic mass is 9.90. The molecule has 0 saturated heterocycles. The fourth-order valence-corrected chi connectivity index (χ4v) is 3.62. The Labute approximate surface area is 145 Å². The van der Waals surface area contributed by atoms with E-state index in [2.05, 4.69) is 53.7 Å². The van der Waals surface area contributed by atoms with Gasteiger partial charge in [-0.05, 0) is 60.9 Å². The van der Waals surface area contributed by atoms with Crippen LogP contribution >= 0.6 is 0 Å². The Bertz CT molecular complexity index is 609. The van der Waals surface area contributed by atoms with Crippen molar-refractivity contribution in [2.75, 3.05) is 5.32 Å². The summed E-state index contributed by atoms with van der Waals surface area (Å²) in [6, 6.07) is 13.3. The lowest BCUT2D eigenvalue weighted by Crippen LogP contribution is -2.26. The summed E-state index contributed by atoms with van der Waals surface area (Å²) in [5.41, 5.74) is 3.47. The smallest absolute Gasteiger partial charge is 0.0570 e. The van der Waals surface area contributed by atoms with Gasteiger partial charge >= 0.3 is 0 Å². The predicted octanol–water partition coefficient (Wildman–Crippen LogP) is 5.13. The summed E-state index contributed by atoms with van der Waals surface area (Å²) in [5, 5.41) is 7.12. The number of aromatic nitrogens is 1. The first-order chi connectivity index (χ1) is 11.7. The van der Waals surface area contributed by atoms with Gasteiger partial charge in [0.1, 0.15) is 0 Å². The van der Waals surface area contributed by atoms with Crippen LogP contribution in [0.2, 0.25) is 0 Å². The molecule has 1 fully saturated rings. The quantitative estimate of drug-likeness (QED) is 0.741. The van der Waals surface area contributed by atoms with Gasteiger partial charge in [0.25, 0.3) is 0 Å². The maximum atomic E-state index is 4.12. The molecule has 3 nitrogen and oxygen atoms in total. The molecule has 1 aromatic carbocycles. The largest absolute Gasteiger partial charge is 0.354 e. The highest BCUT2D eigenvalue weighted by Crippen LogP contribution is 2.33. The van der Waals surface area contributed by atoms with E-state index in [0.29, 0.717) is 6.04 Å². The van der Waals surface area contributed by atoms with Gasteiger partial charge in [0.2, 0.25) is 0 Å². The summed E-state index contributed by atoms with van der Waals surface area (Å²) in [7, 11) is 0. The third kappa shape index (κ3) is 4.57. The van der Waals surface area contributed by atoms with Crippen molar-refractivity contribution in [3.05, 3.63) is 54.4 Å². The molecule has 3 heteroatoms. The molecule has 0 bridgehead atoms. The van der Waals surface area contributed by atoms with Crippen molar-refractivity contribution in [3.63, 3.8) is 0 Å². The average Bonchev–Trinajstić information content (AvgIpc) is 3.10. The van der Waals surface area contributed by atoms with Crippen molar-refractivity contribution in [3.8, 4) is 0 Å². The van der Waals surface area contributed by atoms with Crippen LogP contribution in [0.3, 0.4) is 0 Å². The summed E-state index contributed by atoms with van der Waals surface area (Å²) in [6.45, 7) is 5.68. The van der Waals surface area contributed by atoms with Gasteiger partial charge < -0.3 is 10.6 Å². The van der Waals surface area contributed by atoms with Crippen molar-refractivity contribution in [2.24, 2.45) is 11.8 Å². The highest BCUT2D eigenvalue weighted by Gasteiger charge is 2.27. The van der Waals surface area contributed by atoms with Crippen LogP contribution in [0.1, 0.15) is 45.1 Å². The highest BCUT2D eigenvalue weighted by atomic mass is 14.9. The fourth-order valence-electron chi connectivity index (χ4n) is 3.62. The molecule has 1 heterocycles. The Kier molecular flexibility index (Phi) is 5.86. The summed E-state index contributed by atoms with van der Waals surface area (Å²) in [5.74, 6) is 1.79. The lowest BCUT2D eigenvalue weighted by molar-refractivity contribution is 0.346. The molecule has 24 heavy (non-hydrogen) atoms. The number of nitrogens with zero attached hydrogens (tertiary/aromatic N) is 1. The first-order valence-corrected chi connectivity index (χ1v) is 9.24. The highest BCUT2D eigenvalue weighted by molar-refractivity contribution is 5.58. The van der Waals surface area contributed by atoms with Gasteiger partial charge in [0.15, 0.2) is 0 Å². The third-order valence-corrected chi connectivity index (χ3v) is 5.42. The van der Waals surface area contributed by atoms with Crippen LogP contribution in [-0.4, -0.2) is 11.0 Å². The van der Waals surface area contributed by atoms with Crippen molar-refractivity contribution in [2.45, 2.75) is 52.1 Å². The molecule has 3 unspecified atom stereocenters. The van der Waals surface area contributed by atoms with Gasteiger partial charge in [-0.3, -0.25) is 4.98 Å². The zero-order chi connectivity index (χ0) is 16.8. The van der Waals surface area contributed by atoms with Crippen LogP contribution in [0.4, 0.5) is 11.4 Å². The Morgan fingerprint density at radius 3 is 2.67 bits per heavy atom. The van der Waals surface area contributed by atoms with E-state index in [1.165, 1.54) is 31.2 Å². The van der Waals surface area contributed by atoms with Gasteiger partial charge in [0, 0.05) is 24.5 Å². The maximum absolute atomic E-state index is 4.12. The summed E-state index contributed by atoms with van der Waals surface area (Å²) in [4.78, 5) is 4.12. The summed E-state index contributed by atoms with van der Waals surface area (Å²) >= 11 is 0. The fraction of sp³-hybridized carbons (Fsp3) is 0.476. The van der Waals surface area contributed by atoms with E-state index in [4.69, 9.17) is 0 Å². The topological polar surface area (TPSA) is 37.0 Å². The van der Waals surface area contributed by atoms with Crippen LogP contribution in [0.15, 0.2) is 48.8 Å². The minimum absolute atomic E-state index is 0.692. The number of nitrogens with one attached hydrogen (secondary N) is 2. The molecule has 1 aliphatic rings. The van der Waals surface area contributed by atoms with Crippen LogP contribution < -0.4 is 10.6 Å². The molecule has 2 aromatic rings. The van der Waals surface area contributed by atoms with Crippen molar-refractivity contribution >= 4 is 11.4 Å². The first kappa shape index (κ1) is 17.0. The molecular formula is C21H29N3. The van der Waals surface area contributed by atoms with Crippen LogP contribution in [0.25, 0.3) is 0 Å². The Hall–Kier alpha value is -1.87. The first-order valence-electron chi connectivity index (χ1n) is 9.24. The van der Waals surface area contributed by atoms with Crippen LogP contribution in [-0.2, 0) is 6.54 Å². The van der Waals surface area contributed by atoms with Gasteiger partial charge in [0.05, 0.1) is 11.9 Å². The molecule has 1 aromatic heterocycles. The monoisotopic (exact) mass is 323 g/mol. The molecule has 2 N–H and O–H groups in total. The van der Waals surface area contributed by atoms with Gasteiger partial charge in [-0.1, -0.05) is 32.4 Å². The molecule has 0 spiro atoms. The SMILES string of the molecule is CCC(C)C1CCC(NCc2ccc(Nc3cccnc3)cc2)C1. The second-order valence-electron chi connectivity index (χ2n) is 7.10. The van der Waals surface area contributed by atoms with Gasteiger partial charge in [-0.25, -0.2) is 0 Å². The maximum Gasteiger partial charge on any atom is 0.0570 e. The van der Waals surface area contributed by atoms with Crippen LogP contribution in [0, 0.1) is 11.8 Å². The van der Waals surface area contributed by atoms with E-state index in [1.807, 2.05) is 18.3 Å². The lowest BCUT2D eigenvalue weighted by Gasteiger charge is -2.18. The van der Waals surface area contributed by atoms with Crippen molar-refractivity contribution < 1.29 is 0 Å². The number of hydrogen-bond donors (Lipinski definition) is 2. The van der Waals surface area contributed by atoms with Gasteiger partial charge in [-0.15, -0.1) is 0 Å². The van der Waals surface area contributed by atoms with E-state index in [0.717, 1.165) is 29.8 Å². The molecule has 3 atom stereocenters. The molecule has 0 aliphatic heterocycles. The minimum Gasteiger partial charge on any atom is -0.354 e. The van der Waals surface area contributed by atoms with Crippen molar-refractivity contribution in [1.29, 1.82) is 0 Å². The average molecular weight is 323 g/mol. The molecule has 0 amide bonds. The zero-order valence-electron chi connectivity index (χ0n) is 14.8. The third-order valence-electron chi connectivity index (χ3n) is 5.42. The number of hydrogen-bond acceptors (Lipinski definition) is 3. The summed E-state index contributed by atoms with van der Waals surface area (Å²) in [6.07, 6.45) is 8.99. The molecule has 3 rings (SSSR count). The zero-order valence-corrected chi connectivity index (χ0v) is 14.8. The van der Waals surface area contributed by atoms with Crippen molar-refractivity contribution in [1.82, 2.24) is 10.3 Å². The molecule has 1 saturated carbocycles. The number of pyridine rings is 1. The minimum atomic E-state index is 0.692. The molecule has 1 aliphatic carbocycles. The Morgan fingerprint density at radius 2 is 1.96 bits per heavy atom. The normalized spacial score (nSPS) is 21.6. The second-order valence-corrected chi connectivity index (χ2v) is 7.10. The number of anilines is 2. The van der Waals surface area contributed by atoms with E-state index in [1.54, 1.807) is 6.20 Å². The number of rotatable bonds is 7. The Morgan fingerprint density at radius 1 is 1.12 bits per heavy atom. The van der Waals surface area contributed by atoms with Gasteiger partial charge in [-0.2, -0.15) is 0 Å². The Balaban J connectivity index is 1.47.